The van der Waals surface area contributed by atoms with E-state index < -0.39 is 0 Å². The maximum atomic E-state index is 13.5. The minimum Gasteiger partial charge on any atom is -0.367 e. The second-order valence-electron chi connectivity index (χ2n) is 5.08. The van der Waals surface area contributed by atoms with Crippen molar-refractivity contribution in [2.45, 2.75) is 32.4 Å². The van der Waals surface area contributed by atoms with E-state index in [-0.39, 0.29) is 5.82 Å². The summed E-state index contributed by atoms with van der Waals surface area (Å²) in [6.07, 6.45) is 2.39. The van der Waals surface area contributed by atoms with Crippen LogP contribution >= 0.6 is 0 Å². The smallest absolute Gasteiger partial charge is 0.225 e. The molecule has 4 nitrogen and oxygen atoms in total. The maximum Gasteiger partial charge on any atom is 0.225 e. The molecule has 1 heterocycles. The molecule has 1 saturated carbocycles. The molecule has 1 aliphatic rings. The normalized spacial score (nSPS) is 14.1. The van der Waals surface area contributed by atoms with E-state index >= 15 is 0 Å². The van der Waals surface area contributed by atoms with Gasteiger partial charge in [-0.1, -0.05) is 18.2 Å². The summed E-state index contributed by atoms with van der Waals surface area (Å²) in [6.45, 7) is 2.30. The van der Waals surface area contributed by atoms with Gasteiger partial charge in [0.25, 0.3) is 0 Å². The van der Waals surface area contributed by atoms with Gasteiger partial charge in [-0.3, -0.25) is 0 Å². The van der Waals surface area contributed by atoms with Crippen LogP contribution < -0.4 is 10.6 Å². The van der Waals surface area contributed by atoms with Crippen molar-refractivity contribution in [3.05, 3.63) is 47.4 Å². The number of anilines is 2. The first-order chi connectivity index (χ1) is 9.70. The zero-order chi connectivity index (χ0) is 13.9. The van der Waals surface area contributed by atoms with Gasteiger partial charge in [-0.05, 0) is 25.8 Å². The lowest BCUT2D eigenvalue weighted by atomic mass is 10.2. The zero-order valence-electron chi connectivity index (χ0n) is 11.4. The molecule has 3 rings (SSSR count). The maximum absolute atomic E-state index is 13.5. The monoisotopic (exact) mass is 272 g/mol. The van der Waals surface area contributed by atoms with Crippen LogP contribution in [0.4, 0.5) is 16.2 Å². The van der Waals surface area contributed by atoms with Gasteiger partial charge in [0.1, 0.15) is 11.6 Å². The summed E-state index contributed by atoms with van der Waals surface area (Å²) in [5.41, 5.74) is 1.49. The molecule has 1 aliphatic carbocycles. The molecule has 0 amide bonds. The molecule has 1 aromatic heterocycles. The number of rotatable bonds is 5. The van der Waals surface area contributed by atoms with Crippen molar-refractivity contribution < 1.29 is 4.39 Å². The van der Waals surface area contributed by atoms with E-state index in [0.717, 1.165) is 11.5 Å². The van der Waals surface area contributed by atoms with Crippen LogP contribution in [0.15, 0.2) is 30.3 Å². The molecule has 5 heteroatoms. The van der Waals surface area contributed by atoms with E-state index in [2.05, 4.69) is 20.6 Å². The largest absolute Gasteiger partial charge is 0.367 e. The van der Waals surface area contributed by atoms with Gasteiger partial charge in [-0.25, -0.2) is 9.37 Å². The van der Waals surface area contributed by atoms with E-state index in [1.807, 2.05) is 19.1 Å². The number of hydrogen-bond acceptors (Lipinski definition) is 4. The Balaban J connectivity index is 1.70. The Bertz CT molecular complexity index is 611. The quantitative estimate of drug-likeness (QED) is 0.878. The van der Waals surface area contributed by atoms with Gasteiger partial charge in [0.15, 0.2) is 0 Å². The summed E-state index contributed by atoms with van der Waals surface area (Å²) in [5, 5.41) is 6.42. The van der Waals surface area contributed by atoms with Crippen molar-refractivity contribution in [2.75, 3.05) is 10.6 Å². The molecule has 0 radical (unpaired) electrons. The lowest BCUT2D eigenvalue weighted by molar-refractivity contribution is 0.612. The molecule has 20 heavy (non-hydrogen) atoms. The summed E-state index contributed by atoms with van der Waals surface area (Å²) in [6, 6.07) is 9.17. The molecule has 0 saturated heterocycles. The Kier molecular flexibility index (Phi) is 3.50. The molecule has 0 aliphatic heterocycles. The Morgan fingerprint density at radius 3 is 2.80 bits per heavy atom. The minimum absolute atomic E-state index is 0.219. The minimum atomic E-state index is -0.219. The van der Waals surface area contributed by atoms with Gasteiger partial charge in [0, 0.05) is 29.9 Å². The fraction of sp³-hybridized carbons (Fsp3) is 0.333. The fourth-order valence-electron chi connectivity index (χ4n) is 1.97. The van der Waals surface area contributed by atoms with Crippen LogP contribution in [0.25, 0.3) is 0 Å². The van der Waals surface area contributed by atoms with Crippen LogP contribution in [0.5, 0.6) is 0 Å². The Hall–Kier alpha value is -2.17. The van der Waals surface area contributed by atoms with Crippen molar-refractivity contribution in [1.82, 2.24) is 9.97 Å². The van der Waals surface area contributed by atoms with Crippen LogP contribution in [0, 0.1) is 12.7 Å². The van der Waals surface area contributed by atoms with E-state index in [1.165, 1.54) is 18.9 Å². The number of halogens is 1. The van der Waals surface area contributed by atoms with Crippen molar-refractivity contribution in [1.29, 1.82) is 0 Å². The Morgan fingerprint density at radius 2 is 2.05 bits per heavy atom. The van der Waals surface area contributed by atoms with Gasteiger partial charge < -0.3 is 10.6 Å². The van der Waals surface area contributed by atoms with E-state index in [1.54, 1.807) is 12.1 Å². The van der Waals surface area contributed by atoms with Crippen LogP contribution in [-0.2, 0) is 6.54 Å². The predicted octanol–water partition coefficient (Wildman–Crippen LogP) is 3.11. The van der Waals surface area contributed by atoms with Gasteiger partial charge in [0.2, 0.25) is 5.95 Å². The van der Waals surface area contributed by atoms with Crippen LogP contribution in [0.3, 0.4) is 0 Å². The molecule has 0 atom stereocenters. The number of benzene rings is 1. The molecule has 2 N–H and O–H groups in total. The van der Waals surface area contributed by atoms with Crippen molar-refractivity contribution in [2.24, 2.45) is 0 Å². The fourth-order valence-corrected chi connectivity index (χ4v) is 1.97. The zero-order valence-corrected chi connectivity index (χ0v) is 11.4. The average Bonchev–Trinajstić information content (AvgIpc) is 3.21. The third-order valence-electron chi connectivity index (χ3n) is 3.18. The first kappa shape index (κ1) is 12.8. The highest BCUT2D eigenvalue weighted by Gasteiger charge is 2.21. The molecule has 2 aromatic rings. The summed E-state index contributed by atoms with van der Waals surface area (Å²) >= 11 is 0. The molecular formula is C15H17FN4. The Morgan fingerprint density at radius 1 is 1.25 bits per heavy atom. The van der Waals surface area contributed by atoms with Gasteiger partial charge in [0.05, 0.1) is 0 Å². The summed E-state index contributed by atoms with van der Waals surface area (Å²) in [5.74, 6) is 1.14. The van der Waals surface area contributed by atoms with Crippen molar-refractivity contribution in [3.8, 4) is 0 Å². The standard InChI is InChI=1S/C15H17FN4/c1-10-8-14(19-12-6-7-12)20-15(18-10)17-9-11-4-2-3-5-13(11)16/h2-5,8,12H,6-7,9H2,1H3,(H2,17,18,19,20). The second-order valence-corrected chi connectivity index (χ2v) is 5.08. The van der Waals surface area contributed by atoms with Gasteiger partial charge in [-0.2, -0.15) is 4.98 Å². The van der Waals surface area contributed by atoms with E-state index in [4.69, 9.17) is 0 Å². The lowest BCUT2D eigenvalue weighted by Crippen LogP contribution is -2.09. The third kappa shape index (κ3) is 3.23. The number of aromatic nitrogens is 2. The van der Waals surface area contributed by atoms with Crippen molar-refractivity contribution in [3.63, 3.8) is 0 Å². The molecular weight excluding hydrogens is 255 g/mol. The highest BCUT2D eigenvalue weighted by Crippen LogP contribution is 2.24. The SMILES string of the molecule is Cc1cc(NC2CC2)nc(NCc2ccccc2F)n1. The first-order valence-corrected chi connectivity index (χ1v) is 6.80. The molecule has 0 unspecified atom stereocenters. The summed E-state index contributed by atoms with van der Waals surface area (Å²) in [4.78, 5) is 8.72. The molecule has 0 bridgehead atoms. The van der Waals surface area contributed by atoms with Crippen LogP contribution in [0.1, 0.15) is 24.1 Å². The number of hydrogen-bond donors (Lipinski definition) is 2. The van der Waals surface area contributed by atoms with Gasteiger partial charge in [-0.15, -0.1) is 0 Å². The van der Waals surface area contributed by atoms with Crippen LogP contribution in [0.2, 0.25) is 0 Å². The second kappa shape index (κ2) is 5.45. The van der Waals surface area contributed by atoms with E-state index in [0.29, 0.717) is 24.1 Å². The highest BCUT2D eigenvalue weighted by molar-refractivity contribution is 5.44. The summed E-state index contributed by atoms with van der Waals surface area (Å²) in [7, 11) is 0. The third-order valence-corrected chi connectivity index (χ3v) is 3.18. The average molecular weight is 272 g/mol. The summed E-state index contributed by atoms with van der Waals surface area (Å²) < 4.78 is 13.5. The van der Waals surface area contributed by atoms with Crippen molar-refractivity contribution >= 4 is 11.8 Å². The predicted molar refractivity (Wildman–Crippen MR) is 77.1 cm³/mol. The number of nitrogens with zero attached hydrogens (tertiary/aromatic N) is 2. The van der Waals surface area contributed by atoms with Gasteiger partial charge >= 0.3 is 0 Å². The molecule has 1 fully saturated rings. The highest BCUT2D eigenvalue weighted by atomic mass is 19.1. The van der Waals surface area contributed by atoms with E-state index in [9.17, 15) is 4.39 Å². The number of aryl methyl sites for hydroxylation is 1. The number of nitrogens with one attached hydrogen (secondary N) is 2. The Labute approximate surface area is 117 Å². The topological polar surface area (TPSA) is 49.8 Å². The molecule has 1 aromatic carbocycles. The molecule has 104 valence electrons. The van der Waals surface area contributed by atoms with Crippen LogP contribution in [-0.4, -0.2) is 16.0 Å². The molecule has 0 spiro atoms. The lowest BCUT2D eigenvalue weighted by Gasteiger charge is -2.09. The first-order valence-electron chi connectivity index (χ1n) is 6.80.